The Kier molecular flexibility index (Phi) is 47.9. The first kappa shape index (κ1) is 58.9. The minimum absolute atomic E-state index is 0.0889. The van der Waals surface area contributed by atoms with Crippen LogP contribution >= 0.6 is 0 Å². The van der Waals surface area contributed by atoms with E-state index in [0.717, 1.165) is 116 Å². The highest BCUT2D eigenvalue weighted by atomic mass is 16.6. The molecule has 0 radical (unpaired) electrons. The summed E-state index contributed by atoms with van der Waals surface area (Å²) in [5, 5.41) is 0. The Labute approximate surface area is 382 Å². The van der Waals surface area contributed by atoms with E-state index in [1.54, 1.807) is 0 Å². The van der Waals surface area contributed by atoms with E-state index in [9.17, 15) is 14.4 Å². The lowest BCUT2D eigenvalue weighted by molar-refractivity contribution is -0.167. The van der Waals surface area contributed by atoms with Gasteiger partial charge < -0.3 is 14.2 Å². The molecule has 0 aromatic rings. The van der Waals surface area contributed by atoms with Crippen molar-refractivity contribution in [3.8, 4) is 0 Å². The fraction of sp³-hybridized carbons (Fsp3) is 0.732. The molecule has 0 heterocycles. The second-order valence-electron chi connectivity index (χ2n) is 17.0. The molecular weight excluding hydrogens is 769 g/mol. The number of carbonyl (C=O) groups excluding carboxylic acids is 3. The second kappa shape index (κ2) is 50.5. The van der Waals surface area contributed by atoms with E-state index < -0.39 is 6.10 Å². The molecule has 0 bridgehead atoms. The molecule has 356 valence electrons. The number of hydrogen-bond donors (Lipinski definition) is 0. The summed E-state index contributed by atoms with van der Waals surface area (Å²) < 4.78 is 16.8. The maximum Gasteiger partial charge on any atom is 0.306 e. The van der Waals surface area contributed by atoms with Gasteiger partial charge in [-0.05, 0) is 109 Å². The first-order chi connectivity index (χ1) is 30.5. The lowest BCUT2D eigenvalue weighted by Crippen LogP contribution is -2.30. The highest BCUT2D eigenvalue weighted by Gasteiger charge is 2.19. The number of ether oxygens (including phenoxy) is 3. The van der Waals surface area contributed by atoms with Crippen molar-refractivity contribution in [2.24, 2.45) is 0 Å². The van der Waals surface area contributed by atoms with Crippen LogP contribution in [0.5, 0.6) is 0 Å². The van der Waals surface area contributed by atoms with Gasteiger partial charge in [-0.2, -0.15) is 0 Å². The Balaban J connectivity index is 4.42. The summed E-state index contributed by atoms with van der Waals surface area (Å²) >= 11 is 0. The van der Waals surface area contributed by atoms with Gasteiger partial charge in [0.2, 0.25) is 0 Å². The minimum atomic E-state index is -0.789. The summed E-state index contributed by atoms with van der Waals surface area (Å²) in [7, 11) is 0. The van der Waals surface area contributed by atoms with Crippen LogP contribution in [-0.4, -0.2) is 37.2 Å². The monoisotopic (exact) mass is 865 g/mol. The van der Waals surface area contributed by atoms with E-state index in [-0.39, 0.29) is 31.1 Å². The van der Waals surface area contributed by atoms with Gasteiger partial charge in [-0.15, -0.1) is 0 Å². The van der Waals surface area contributed by atoms with Crippen molar-refractivity contribution < 1.29 is 28.6 Å². The third-order valence-electron chi connectivity index (χ3n) is 10.9. The molecule has 6 nitrogen and oxygen atoms in total. The maximum atomic E-state index is 12.8. The van der Waals surface area contributed by atoms with Crippen LogP contribution in [-0.2, 0) is 28.6 Å². The van der Waals surface area contributed by atoms with Crippen LogP contribution in [0.2, 0.25) is 0 Å². The van der Waals surface area contributed by atoms with Crippen LogP contribution in [0.1, 0.15) is 245 Å². The number of esters is 3. The number of allylic oxidation sites excluding steroid dienone is 12. The number of unbranched alkanes of at least 4 members (excludes halogenated alkanes) is 23. The summed E-state index contributed by atoms with van der Waals surface area (Å²) in [6.07, 6.45) is 63.1. The molecule has 0 spiro atoms. The van der Waals surface area contributed by atoms with Crippen LogP contribution in [0, 0.1) is 0 Å². The van der Waals surface area contributed by atoms with Crippen molar-refractivity contribution in [2.75, 3.05) is 13.2 Å². The summed E-state index contributed by atoms with van der Waals surface area (Å²) in [6.45, 7) is 6.45. The third kappa shape index (κ3) is 47.9. The van der Waals surface area contributed by atoms with E-state index in [2.05, 4.69) is 93.7 Å². The smallest absolute Gasteiger partial charge is 0.306 e. The molecule has 0 aliphatic heterocycles. The van der Waals surface area contributed by atoms with Crippen molar-refractivity contribution in [1.29, 1.82) is 0 Å². The molecular formula is C56H96O6. The van der Waals surface area contributed by atoms with Crippen molar-refractivity contribution in [3.05, 3.63) is 72.9 Å². The van der Waals surface area contributed by atoms with Crippen LogP contribution in [0.15, 0.2) is 72.9 Å². The van der Waals surface area contributed by atoms with E-state index in [4.69, 9.17) is 14.2 Å². The Morgan fingerprint density at radius 3 is 1.00 bits per heavy atom. The largest absolute Gasteiger partial charge is 0.462 e. The molecule has 1 atom stereocenters. The Bertz CT molecular complexity index is 1180. The van der Waals surface area contributed by atoms with Crippen molar-refractivity contribution >= 4 is 17.9 Å². The average molecular weight is 865 g/mol. The molecule has 0 saturated carbocycles. The van der Waals surface area contributed by atoms with Crippen molar-refractivity contribution in [2.45, 2.75) is 252 Å². The van der Waals surface area contributed by atoms with Gasteiger partial charge in [0.05, 0.1) is 0 Å². The molecule has 0 aromatic heterocycles. The molecule has 0 aromatic carbocycles. The average Bonchev–Trinajstić information content (AvgIpc) is 3.27. The zero-order valence-electron chi connectivity index (χ0n) is 40.6. The molecule has 0 amide bonds. The number of hydrogen-bond acceptors (Lipinski definition) is 6. The standard InChI is InChI=1S/C56H96O6/c1-4-7-10-13-16-19-22-25-27-28-30-31-34-37-40-43-46-49-55(58)61-52-53(51-60-54(57)48-45-42-39-36-33-24-21-18-15-12-9-6-3)62-56(59)50-47-44-41-38-35-32-29-26-23-20-17-14-11-8-5-2/h7,10,16-21,25-27,29,53H,4-6,8-9,11-15,22-24,28,30-52H2,1-3H3/b10-7-,19-16-,20-17-,21-18-,27-25-,29-26-. The zero-order chi connectivity index (χ0) is 45.1. The van der Waals surface area contributed by atoms with Crippen LogP contribution in [0.25, 0.3) is 0 Å². The van der Waals surface area contributed by atoms with Gasteiger partial charge in [-0.1, -0.05) is 190 Å². The highest BCUT2D eigenvalue weighted by molar-refractivity contribution is 5.71. The fourth-order valence-electron chi connectivity index (χ4n) is 7.01. The molecule has 0 fully saturated rings. The predicted octanol–water partition coefficient (Wildman–Crippen LogP) is 17.0. The van der Waals surface area contributed by atoms with Gasteiger partial charge in [0.15, 0.2) is 6.10 Å². The molecule has 1 unspecified atom stereocenters. The Hall–Kier alpha value is -3.15. The summed E-state index contributed by atoms with van der Waals surface area (Å²) in [4.78, 5) is 38.0. The lowest BCUT2D eigenvalue weighted by Gasteiger charge is -2.18. The van der Waals surface area contributed by atoms with Crippen molar-refractivity contribution in [3.63, 3.8) is 0 Å². The summed E-state index contributed by atoms with van der Waals surface area (Å²) in [5.74, 6) is -0.920. The predicted molar refractivity (Wildman–Crippen MR) is 265 cm³/mol. The van der Waals surface area contributed by atoms with E-state index >= 15 is 0 Å². The summed E-state index contributed by atoms with van der Waals surface area (Å²) in [5.41, 5.74) is 0. The lowest BCUT2D eigenvalue weighted by atomic mass is 10.1. The van der Waals surface area contributed by atoms with Gasteiger partial charge in [0.1, 0.15) is 13.2 Å². The normalized spacial score (nSPS) is 12.6. The molecule has 0 saturated heterocycles. The van der Waals surface area contributed by atoms with E-state index in [1.807, 2.05) is 0 Å². The molecule has 0 rings (SSSR count). The summed E-state index contributed by atoms with van der Waals surface area (Å²) in [6, 6.07) is 0. The van der Waals surface area contributed by atoms with Gasteiger partial charge in [-0.25, -0.2) is 0 Å². The van der Waals surface area contributed by atoms with E-state index in [1.165, 1.54) is 89.9 Å². The number of rotatable bonds is 46. The second-order valence-corrected chi connectivity index (χ2v) is 17.0. The third-order valence-corrected chi connectivity index (χ3v) is 10.9. The zero-order valence-corrected chi connectivity index (χ0v) is 40.6. The van der Waals surface area contributed by atoms with Crippen LogP contribution in [0.4, 0.5) is 0 Å². The fourth-order valence-corrected chi connectivity index (χ4v) is 7.01. The van der Waals surface area contributed by atoms with Gasteiger partial charge in [-0.3, -0.25) is 14.4 Å². The molecule has 6 heteroatoms. The van der Waals surface area contributed by atoms with Gasteiger partial charge in [0, 0.05) is 19.3 Å². The minimum Gasteiger partial charge on any atom is -0.462 e. The van der Waals surface area contributed by atoms with Crippen LogP contribution in [0.3, 0.4) is 0 Å². The SMILES string of the molecule is CC/C=C\C/C=C\C/C=C\CCCCCCCCCC(=O)OCC(COC(=O)CCCCCCC/C=C\CCCCC)OC(=O)CCCCCCC/C=C\C/C=C\CCCCC. The van der Waals surface area contributed by atoms with Gasteiger partial charge in [0.25, 0.3) is 0 Å². The molecule has 0 aliphatic rings. The number of carbonyl (C=O) groups is 3. The first-order valence-electron chi connectivity index (χ1n) is 25.9. The Morgan fingerprint density at radius 2 is 0.629 bits per heavy atom. The van der Waals surface area contributed by atoms with Crippen LogP contribution < -0.4 is 0 Å². The quantitative estimate of drug-likeness (QED) is 0.0262. The maximum absolute atomic E-state index is 12.8. The Morgan fingerprint density at radius 1 is 0.339 bits per heavy atom. The highest BCUT2D eigenvalue weighted by Crippen LogP contribution is 2.14. The molecule has 0 N–H and O–H groups in total. The molecule has 62 heavy (non-hydrogen) atoms. The van der Waals surface area contributed by atoms with Crippen molar-refractivity contribution in [1.82, 2.24) is 0 Å². The first-order valence-corrected chi connectivity index (χ1v) is 25.9. The van der Waals surface area contributed by atoms with E-state index in [0.29, 0.717) is 19.3 Å². The topological polar surface area (TPSA) is 78.9 Å². The molecule has 0 aliphatic carbocycles. The van der Waals surface area contributed by atoms with Gasteiger partial charge >= 0.3 is 17.9 Å².